The zero-order chi connectivity index (χ0) is 15.4. The standard InChI is InChI=1S/C16H22ClN3O/c1-11(2)9-15-18-19-16(21-15)12(3)20(4)10-13-5-7-14(17)8-6-13/h5-8,11-12H,9-10H2,1-4H3. The SMILES string of the molecule is CC(C)Cc1nnc(C(C)N(C)Cc2ccc(Cl)cc2)o1. The van der Waals surface area contributed by atoms with E-state index in [-0.39, 0.29) is 6.04 Å². The average molecular weight is 308 g/mol. The molecule has 1 aromatic heterocycles. The molecular formula is C16H22ClN3O. The third kappa shape index (κ3) is 4.55. The van der Waals surface area contributed by atoms with Gasteiger partial charge < -0.3 is 4.42 Å². The van der Waals surface area contributed by atoms with Crippen molar-refractivity contribution in [2.45, 2.75) is 39.8 Å². The average Bonchev–Trinajstić information content (AvgIpc) is 2.88. The van der Waals surface area contributed by atoms with Crippen molar-refractivity contribution in [1.29, 1.82) is 0 Å². The Bertz CT molecular complexity index is 565. The van der Waals surface area contributed by atoms with Crippen molar-refractivity contribution >= 4 is 11.6 Å². The van der Waals surface area contributed by atoms with Crippen LogP contribution >= 0.6 is 11.6 Å². The summed E-state index contributed by atoms with van der Waals surface area (Å²) in [5.41, 5.74) is 1.20. The first-order chi connectivity index (χ1) is 9.95. The molecule has 0 spiro atoms. The molecule has 0 fully saturated rings. The lowest BCUT2D eigenvalue weighted by Crippen LogP contribution is -2.22. The van der Waals surface area contributed by atoms with E-state index in [0.717, 1.165) is 18.0 Å². The van der Waals surface area contributed by atoms with Crippen LogP contribution in [0.1, 0.15) is 44.2 Å². The summed E-state index contributed by atoms with van der Waals surface area (Å²) in [6.07, 6.45) is 0.820. The summed E-state index contributed by atoms with van der Waals surface area (Å²) in [6.45, 7) is 7.16. The van der Waals surface area contributed by atoms with Crippen molar-refractivity contribution in [2.24, 2.45) is 5.92 Å². The normalized spacial score (nSPS) is 13.1. The van der Waals surface area contributed by atoms with Crippen molar-refractivity contribution in [3.05, 3.63) is 46.6 Å². The summed E-state index contributed by atoms with van der Waals surface area (Å²) in [5.74, 6) is 1.90. The molecular weight excluding hydrogens is 286 g/mol. The van der Waals surface area contributed by atoms with Gasteiger partial charge in [0.2, 0.25) is 11.8 Å². The van der Waals surface area contributed by atoms with Gasteiger partial charge in [-0.2, -0.15) is 0 Å². The number of hydrogen-bond acceptors (Lipinski definition) is 4. The maximum atomic E-state index is 5.90. The molecule has 0 saturated heterocycles. The summed E-state index contributed by atoms with van der Waals surface area (Å²) < 4.78 is 5.75. The highest BCUT2D eigenvalue weighted by molar-refractivity contribution is 6.30. The van der Waals surface area contributed by atoms with Crippen LogP contribution < -0.4 is 0 Å². The molecule has 0 aliphatic heterocycles. The Morgan fingerprint density at radius 2 is 1.81 bits per heavy atom. The van der Waals surface area contributed by atoms with Gasteiger partial charge in [-0.15, -0.1) is 10.2 Å². The van der Waals surface area contributed by atoms with Gasteiger partial charge in [-0.3, -0.25) is 4.90 Å². The Balaban J connectivity index is 1.99. The minimum Gasteiger partial charge on any atom is -0.424 e. The lowest BCUT2D eigenvalue weighted by atomic mass is 10.1. The van der Waals surface area contributed by atoms with Gasteiger partial charge in [-0.05, 0) is 37.6 Å². The fourth-order valence-corrected chi connectivity index (χ4v) is 2.20. The van der Waals surface area contributed by atoms with Gasteiger partial charge in [0.15, 0.2) is 0 Å². The summed E-state index contributed by atoms with van der Waals surface area (Å²) in [4.78, 5) is 2.18. The first-order valence-corrected chi connectivity index (χ1v) is 7.60. The second kappa shape index (κ2) is 7.05. The maximum Gasteiger partial charge on any atom is 0.233 e. The van der Waals surface area contributed by atoms with Crippen LogP contribution in [0.5, 0.6) is 0 Å². The van der Waals surface area contributed by atoms with E-state index in [1.807, 2.05) is 31.3 Å². The number of hydrogen-bond donors (Lipinski definition) is 0. The largest absolute Gasteiger partial charge is 0.424 e. The van der Waals surface area contributed by atoms with Gasteiger partial charge in [-0.1, -0.05) is 37.6 Å². The first kappa shape index (κ1) is 16.0. The molecule has 0 saturated carbocycles. The van der Waals surface area contributed by atoms with Crippen LogP contribution in [-0.2, 0) is 13.0 Å². The van der Waals surface area contributed by atoms with Crippen molar-refractivity contribution in [2.75, 3.05) is 7.05 Å². The molecule has 1 heterocycles. The molecule has 1 unspecified atom stereocenters. The first-order valence-electron chi connectivity index (χ1n) is 7.22. The van der Waals surface area contributed by atoms with Gasteiger partial charge in [0.1, 0.15) is 0 Å². The molecule has 5 heteroatoms. The van der Waals surface area contributed by atoms with Crippen LogP contribution in [0.25, 0.3) is 0 Å². The van der Waals surface area contributed by atoms with E-state index >= 15 is 0 Å². The highest BCUT2D eigenvalue weighted by atomic mass is 35.5. The summed E-state index contributed by atoms with van der Waals surface area (Å²) >= 11 is 5.90. The Hall–Kier alpha value is -1.39. The molecule has 0 N–H and O–H groups in total. The van der Waals surface area contributed by atoms with Gasteiger partial charge in [0.25, 0.3) is 0 Å². The van der Waals surface area contributed by atoms with Crippen molar-refractivity contribution < 1.29 is 4.42 Å². The lowest BCUT2D eigenvalue weighted by molar-refractivity contribution is 0.213. The van der Waals surface area contributed by atoms with E-state index in [1.54, 1.807) is 0 Å². The van der Waals surface area contributed by atoms with E-state index < -0.39 is 0 Å². The van der Waals surface area contributed by atoms with E-state index in [4.69, 9.17) is 16.0 Å². The van der Waals surface area contributed by atoms with Crippen LogP contribution in [0, 0.1) is 5.92 Å². The molecule has 21 heavy (non-hydrogen) atoms. The van der Waals surface area contributed by atoms with Crippen LogP contribution in [-0.4, -0.2) is 22.1 Å². The molecule has 0 amide bonds. The minimum absolute atomic E-state index is 0.0779. The van der Waals surface area contributed by atoms with Crippen molar-refractivity contribution in [3.8, 4) is 0 Å². The minimum atomic E-state index is 0.0779. The van der Waals surface area contributed by atoms with Gasteiger partial charge >= 0.3 is 0 Å². The van der Waals surface area contributed by atoms with E-state index in [0.29, 0.717) is 17.7 Å². The Morgan fingerprint density at radius 1 is 1.14 bits per heavy atom. The highest BCUT2D eigenvalue weighted by Gasteiger charge is 2.19. The molecule has 1 aromatic carbocycles. The van der Waals surface area contributed by atoms with Gasteiger partial charge in [0.05, 0.1) is 6.04 Å². The number of benzene rings is 1. The smallest absolute Gasteiger partial charge is 0.233 e. The topological polar surface area (TPSA) is 42.2 Å². The fourth-order valence-electron chi connectivity index (χ4n) is 2.07. The summed E-state index contributed by atoms with van der Waals surface area (Å²) in [5, 5.41) is 9.04. The molecule has 2 aromatic rings. The third-order valence-electron chi connectivity index (χ3n) is 3.43. The highest BCUT2D eigenvalue weighted by Crippen LogP contribution is 2.21. The van der Waals surface area contributed by atoms with Crippen molar-refractivity contribution in [1.82, 2.24) is 15.1 Å². The Kier molecular flexibility index (Phi) is 5.37. The Morgan fingerprint density at radius 3 is 2.43 bits per heavy atom. The predicted molar refractivity (Wildman–Crippen MR) is 84.2 cm³/mol. The molecule has 114 valence electrons. The quantitative estimate of drug-likeness (QED) is 0.805. The number of nitrogens with zero attached hydrogens (tertiary/aromatic N) is 3. The van der Waals surface area contributed by atoms with E-state index in [2.05, 4.69) is 35.9 Å². The number of rotatable bonds is 6. The molecule has 4 nitrogen and oxygen atoms in total. The van der Waals surface area contributed by atoms with Gasteiger partial charge in [-0.25, -0.2) is 0 Å². The van der Waals surface area contributed by atoms with Crippen LogP contribution in [0.3, 0.4) is 0 Å². The summed E-state index contributed by atoms with van der Waals surface area (Å²) in [6, 6.07) is 7.95. The second-order valence-corrected chi connectivity index (χ2v) is 6.29. The zero-order valence-electron chi connectivity index (χ0n) is 13.0. The lowest BCUT2D eigenvalue weighted by Gasteiger charge is -2.21. The second-order valence-electron chi connectivity index (χ2n) is 5.85. The van der Waals surface area contributed by atoms with Crippen LogP contribution in [0.2, 0.25) is 5.02 Å². The maximum absolute atomic E-state index is 5.90. The summed E-state index contributed by atoms with van der Waals surface area (Å²) in [7, 11) is 2.05. The molecule has 0 aliphatic rings. The van der Waals surface area contributed by atoms with E-state index in [1.165, 1.54) is 5.56 Å². The predicted octanol–water partition coefficient (Wildman–Crippen LogP) is 4.11. The van der Waals surface area contributed by atoms with Crippen LogP contribution in [0.4, 0.5) is 0 Å². The monoisotopic (exact) mass is 307 g/mol. The Labute approximate surface area is 131 Å². The third-order valence-corrected chi connectivity index (χ3v) is 3.68. The number of aromatic nitrogens is 2. The molecule has 0 aliphatic carbocycles. The van der Waals surface area contributed by atoms with E-state index in [9.17, 15) is 0 Å². The number of halogens is 1. The fraction of sp³-hybridized carbons (Fsp3) is 0.500. The zero-order valence-corrected chi connectivity index (χ0v) is 13.8. The molecule has 1 atom stereocenters. The molecule has 0 radical (unpaired) electrons. The van der Waals surface area contributed by atoms with Crippen LogP contribution in [0.15, 0.2) is 28.7 Å². The van der Waals surface area contributed by atoms with Crippen molar-refractivity contribution in [3.63, 3.8) is 0 Å². The van der Waals surface area contributed by atoms with Gasteiger partial charge in [0, 0.05) is 18.0 Å². The molecule has 2 rings (SSSR count). The molecule has 0 bridgehead atoms.